The number of hydrogen-bond donors (Lipinski definition) is 1. The minimum atomic E-state index is -0.921. The molecule has 0 bridgehead atoms. The molecule has 0 aliphatic carbocycles. The Hall–Kier alpha value is -1.13. The largest absolute Gasteiger partial charge is 0.383 e. The number of halogens is 1. The average molecular weight is 243 g/mol. The lowest BCUT2D eigenvalue weighted by Crippen LogP contribution is -2.35. The summed E-state index contributed by atoms with van der Waals surface area (Å²) in [6, 6.07) is 1.51. The van der Waals surface area contributed by atoms with Gasteiger partial charge in [-0.05, 0) is 26.8 Å². The van der Waals surface area contributed by atoms with E-state index in [2.05, 4.69) is 4.98 Å². The smallest absolute Gasteiger partial charge is 0.197 e. The Balaban J connectivity index is 3.09. The molecular formula is C11H15ClN2O2. The average Bonchev–Trinajstić information content (AvgIpc) is 2.20. The third-order valence-corrected chi connectivity index (χ3v) is 2.39. The van der Waals surface area contributed by atoms with E-state index < -0.39 is 5.60 Å². The van der Waals surface area contributed by atoms with Crippen LogP contribution in [0.5, 0.6) is 0 Å². The SMILES string of the molecule is CCOC(C)(C)C(=O)c1cc(Cl)cnc1N. The molecule has 1 rings (SSSR count). The highest BCUT2D eigenvalue weighted by molar-refractivity contribution is 6.31. The number of anilines is 1. The quantitative estimate of drug-likeness (QED) is 0.823. The van der Waals surface area contributed by atoms with Crippen molar-refractivity contribution in [1.29, 1.82) is 0 Å². The van der Waals surface area contributed by atoms with Crippen molar-refractivity contribution in [3.63, 3.8) is 0 Å². The maximum absolute atomic E-state index is 12.1. The van der Waals surface area contributed by atoms with E-state index >= 15 is 0 Å². The Morgan fingerprint density at radius 2 is 2.25 bits per heavy atom. The van der Waals surface area contributed by atoms with Crippen LogP contribution < -0.4 is 5.73 Å². The van der Waals surface area contributed by atoms with Crippen molar-refractivity contribution in [2.45, 2.75) is 26.4 Å². The molecule has 1 heterocycles. The highest BCUT2D eigenvalue weighted by Crippen LogP contribution is 2.22. The molecular weight excluding hydrogens is 228 g/mol. The number of nitrogen functional groups attached to an aromatic ring is 1. The molecule has 16 heavy (non-hydrogen) atoms. The fraction of sp³-hybridized carbons (Fsp3) is 0.455. The fourth-order valence-electron chi connectivity index (χ4n) is 1.38. The number of nitrogens with zero attached hydrogens (tertiary/aromatic N) is 1. The predicted octanol–water partition coefficient (Wildman–Crippen LogP) is 2.31. The molecule has 0 fully saturated rings. The number of nitrogens with two attached hydrogens (primary N) is 1. The lowest BCUT2D eigenvalue weighted by Gasteiger charge is -2.23. The molecule has 0 saturated carbocycles. The number of carbonyl (C=O) groups is 1. The molecule has 88 valence electrons. The fourth-order valence-corrected chi connectivity index (χ4v) is 1.54. The summed E-state index contributed by atoms with van der Waals surface area (Å²) in [6.45, 7) is 5.67. The normalized spacial score (nSPS) is 11.5. The van der Waals surface area contributed by atoms with Gasteiger partial charge in [0.1, 0.15) is 11.4 Å². The topological polar surface area (TPSA) is 65.2 Å². The van der Waals surface area contributed by atoms with Gasteiger partial charge in [-0.25, -0.2) is 4.98 Å². The molecule has 1 aromatic rings. The summed E-state index contributed by atoms with van der Waals surface area (Å²) < 4.78 is 5.36. The minimum absolute atomic E-state index is 0.169. The number of hydrogen-bond acceptors (Lipinski definition) is 4. The monoisotopic (exact) mass is 242 g/mol. The first-order valence-electron chi connectivity index (χ1n) is 4.98. The zero-order valence-corrected chi connectivity index (χ0v) is 10.3. The summed E-state index contributed by atoms with van der Waals surface area (Å²) in [5, 5.41) is 0.379. The summed E-state index contributed by atoms with van der Waals surface area (Å²) in [6.07, 6.45) is 1.40. The Labute approximate surface area is 99.8 Å². The second-order valence-electron chi connectivity index (χ2n) is 3.86. The van der Waals surface area contributed by atoms with Crippen LogP contribution in [0.4, 0.5) is 5.82 Å². The molecule has 0 unspecified atom stereocenters. The molecule has 5 heteroatoms. The maximum atomic E-state index is 12.1. The van der Waals surface area contributed by atoms with Crippen molar-refractivity contribution in [2.75, 3.05) is 12.3 Å². The highest BCUT2D eigenvalue weighted by Gasteiger charge is 2.30. The third kappa shape index (κ3) is 2.71. The summed E-state index contributed by atoms with van der Waals surface area (Å²) in [5.41, 5.74) is 5.01. The lowest BCUT2D eigenvalue weighted by molar-refractivity contribution is 0.00130. The summed E-state index contributed by atoms with van der Waals surface area (Å²) >= 11 is 5.78. The van der Waals surface area contributed by atoms with Gasteiger partial charge in [-0.2, -0.15) is 0 Å². The standard InChI is InChI=1S/C11H15ClN2O2/c1-4-16-11(2,3)9(15)8-5-7(12)6-14-10(8)13/h5-6H,4H2,1-3H3,(H2,13,14). The summed E-state index contributed by atoms with van der Waals surface area (Å²) in [5.74, 6) is -0.0518. The van der Waals surface area contributed by atoms with Crippen LogP contribution in [0.15, 0.2) is 12.3 Å². The van der Waals surface area contributed by atoms with Crippen molar-refractivity contribution in [2.24, 2.45) is 0 Å². The van der Waals surface area contributed by atoms with Gasteiger partial charge in [-0.1, -0.05) is 11.6 Å². The van der Waals surface area contributed by atoms with Gasteiger partial charge in [0.15, 0.2) is 5.78 Å². The van der Waals surface area contributed by atoms with Gasteiger partial charge in [-0.3, -0.25) is 4.79 Å². The minimum Gasteiger partial charge on any atom is -0.383 e. The second kappa shape index (κ2) is 4.80. The molecule has 4 nitrogen and oxygen atoms in total. The number of carbonyl (C=O) groups excluding carboxylic acids is 1. The highest BCUT2D eigenvalue weighted by atomic mass is 35.5. The van der Waals surface area contributed by atoms with Gasteiger partial charge in [0.2, 0.25) is 0 Å². The molecule has 0 atom stereocenters. The van der Waals surface area contributed by atoms with Crippen LogP contribution in [0, 0.1) is 0 Å². The van der Waals surface area contributed by atoms with Gasteiger partial charge in [0.05, 0.1) is 10.6 Å². The van der Waals surface area contributed by atoms with Gasteiger partial charge >= 0.3 is 0 Å². The Morgan fingerprint density at radius 3 is 2.81 bits per heavy atom. The van der Waals surface area contributed by atoms with Crippen LogP contribution >= 0.6 is 11.6 Å². The third-order valence-electron chi connectivity index (χ3n) is 2.18. The number of Topliss-reactive ketones (excluding diaryl/α,β-unsaturated/α-hetero) is 1. The van der Waals surface area contributed by atoms with Crippen LogP contribution in [0.1, 0.15) is 31.1 Å². The molecule has 0 aliphatic rings. The van der Waals surface area contributed by atoms with E-state index in [0.29, 0.717) is 17.2 Å². The Bertz CT molecular complexity index is 405. The van der Waals surface area contributed by atoms with Crippen molar-refractivity contribution in [1.82, 2.24) is 4.98 Å². The van der Waals surface area contributed by atoms with Gasteiger partial charge < -0.3 is 10.5 Å². The first-order valence-corrected chi connectivity index (χ1v) is 5.36. The number of ketones is 1. The van der Waals surface area contributed by atoms with E-state index in [0.717, 1.165) is 0 Å². The molecule has 0 amide bonds. The van der Waals surface area contributed by atoms with E-state index in [1.54, 1.807) is 13.8 Å². The van der Waals surface area contributed by atoms with Gasteiger partial charge in [0.25, 0.3) is 0 Å². The Kier molecular flexibility index (Phi) is 3.88. The van der Waals surface area contributed by atoms with E-state index in [-0.39, 0.29) is 11.6 Å². The molecule has 2 N–H and O–H groups in total. The Morgan fingerprint density at radius 1 is 1.62 bits per heavy atom. The van der Waals surface area contributed by atoms with Crippen molar-refractivity contribution in [3.05, 3.63) is 22.8 Å². The van der Waals surface area contributed by atoms with E-state index in [4.69, 9.17) is 22.1 Å². The molecule has 0 saturated heterocycles. The van der Waals surface area contributed by atoms with Crippen LogP contribution in [0.2, 0.25) is 5.02 Å². The number of aromatic nitrogens is 1. The van der Waals surface area contributed by atoms with E-state index in [1.807, 2.05) is 6.92 Å². The first-order chi connectivity index (χ1) is 7.38. The van der Waals surface area contributed by atoms with Crippen LogP contribution in [-0.2, 0) is 4.74 Å². The van der Waals surface area contributed by atoms with E-state index in [9.17, 15) is 4.79 Å². The molecule has 0 aliphatic heterocycles. The van der Waals surface area contributed by atoms with Gasteiger partial charge in [-0.15, -0.1) is 0 Å². The maximum Gasteiger partial charge on any atom is 0.197 e. The molecule has 0 aromatic carbocycles. The van der Waals surface area contributed by atoms with Crippen molar-refractivity contribution in [3.8, 4) is 0 Å². The van der Waals surface area contributed by atoms with Crippen LogP contribution in [-0.4, -0.2) is 23.0 Å². The number of rotatable bonds is 4. The van der Waals surface area contributed by atoms with Gasteiger partial charge in [0, 0.05) is 12.8 Å². The summed E-state index contributed by atoms with van der Waals surface area (Å²) in [7, 11) is 0. The summed E-state index contributed by atoms with van der Waals surface area (Å²) in [4.78, 5) is 16.0. The predicted molar refractivity (Wildman–Crippen MR) is 63.7 cm³/mol. The van der Waals surface area contributed by atoms with Crippen LogP contribution in [0.3, 0.4) is 0 Å². The molecule has 1 aromatic heterocycles. The first kappa shape index (κ1) is 12.9. The van der Waals surface area contributed by atoms with Crippen molar-refractivity contribution >= 4 is 23.2 Å². The van der Waals surface area contributed by atoms with Crippen molar-refractivity contribution < 1.29 is 9.53 Å². The zero-order valence-electron chi connectivity index (χ0n) is 9.58. The second-order valence-corrected chi connectivity index (χ2v) is 4.30. The number of pyridine rings is 1. The van der Waals surface area contributed by atoms with E-state index in [1.165, 1.54) is 12.3 Å². The van der Waals surface area contributed by atoms with Crippen LogP contribution in [0.25, 0.3) is 0 Å². The molecule has 0 radical (unpaired) electrons. The zero-order chi connectivity index (χ0) is 12.3. The molecule has 0 spiro atoms. The number of ether oxygens (including phenoxy) is 1. The lowest BCUT2D eigenvalue weighted by atomic mass is 9.97.